The molecule has 3 heterocycles. The second-order valence-corrected chi connectivity index (χ2v) is 6.33. The van der Waals surface area contributed by atoms with Crippen LogP contribution in [0.2, 0.25) is 0 Å². The molecule has 1 aliphatic heterocycles. The minimum Gasteiger partial charge on any atom is -0.376 e. The van der Waals surface area contributed by atoms with Gasteiger partial charge in [0, 0.05) is 23.7 Å². The number of nitrogens with zero attached hydrogens (tertiary/aromatic N) is 1. The maximum atomic E-state index is 12.5. The molecule has 2 aromatic heterocycles. The van der Waals surface area contributed by atoms with Crippen molar-refractivity contribution in [1.29, 1.82) is 0 Å². The van der Waals surface area contributed by atoms with Gasteiger partial charge in [0.25, 0.3) is 5.91 Å². The zero-order valence-corrected chi connectivity index (χ0v) is 13.1. The van der Waals surface area contributed by atoms with Gasteiger partial charge in [-0.1, -0.05) is 6.08 Å². The fourth-order valence-electron chi connectivity index (χ4n) is 2.53. The van der Waals surface area contributed by atoms with E-state index in [1.54, 1.807) is 23.7 Å². The monoisotopic (exact) mass is 314 g/mol. The molecule has 0 radical (unpaired) electrons. The molecule has 0 bridgehead atoms. The zero-order valence-electron chi connectivity index (χ0n) is 12.2. The summed E-state index contributed by atoms with van der Waals surface area (Å²) in [5.74, 6) is -0.0388. The van der Waals surface area contributed by atoms with E-state index in [2.05, 4.69) is 16.9 Å². The van der Waals surface area contributed by atoms with Gasteiger partial charge in [-0.2, -0.15) is 0 Å². The summed E-state index contributed by atoms with van der Waals surface area (Å²) >= 11 is 1.57. The number of hydrogen-bond donors (Lipinski definition) is 1. The van der Waals surface area contributed by atoms with Crippen LogP contribution in [-0.4, -0.2) is 17.5 Å². The number of ether oxygens (including phenoxy) is 1. The Bertz CT molecular complexity index is 643. The number of hydrogen-bond acceptors (Lipinski definition) is 4. The molecule has 1 N–H and O–H groups in total. The van der Waals surface area contributed by atoms with Gasteiger partial charge in [-0.3, -0.25) is 9.78 Å². The van der Waals surface area contributed by atoms with Gasteiger partial charge in [0.15, 0.2) is 0 Å². The molecule has 1 amide bonds. The van der Waals surface area contributed by atoms with Crippen LogP contribution in [0.25, 0.3) is 0 Å². The van der Waals surface area contributed by atoms with Crippen LogP contribution in [0.4, 0.5) is 0 Å². The lowest BCUT2D eigenvalue weighted by Gasteiger charge is -2.17. The third-order valence-corrected chi connectivity index (χ3v) is 4.90. The molecule has 1 atom stereocenters. The predicted octanol–water partition coefficient (Wildman–Crippen LogP) is 3.26. The quantitative estimate of drug-likeness (QED) is 0.862. The summed E-state index contributed by atoms with van der Waals surface area (Å²) in [6.07, 6.45) is 6.87. The van der Waals surface area contributed by atoms with E-state index in [0.29, 0.717) is 13.0 Å². The number of fused-ring (bicyclic) bond motifs is 1. The van der Waals surface area contributed by atoms with Crippen molar-refractivity contribution >= 4 is 17.2 Å². The molecule has 0 aromatic carbocycles. The number of aromatic nitrogens is 1. The average Bonchev–Trinajstić information content (AvgIpc) is 2.99. The van der Waals surface area contributed by atoms with E-state index in [-0.39, 0.29) is 11.9 Å². The van der Waals surface area contributed by atoms with Gasteiger partial charge in [-0.25, -0.2) is 0 Å². The molecule has 5 heteroatoms. The summed E-state index contributed by atoms with van der Waals surface area (Å²) < 4.78 is 5.43. The van der Waals surface area contributed by atoms with Crippen molar-refractivity contribution in [2.45, 2.75) is 25.5 Å². The smallest absolute Gasteiger partial charge is 0.261 e. The summed E-state index contributed by atoms with van der Waals surface area (Å²) in [4.78, 5) is 18.6. The number of thiophene rings is 1. The molecule has 4 nitrogen and oxygen atoms in total. The lowest BCUT2D eigenvalue weighted by Crippen LogP contribution is -2.27. The highest BCUT2D eigenvalue weighted by molar-refractivity contribution is 7.14. The van der Waals surface area contributed by atoms with Crippen molar-refractivity contribution in [3.8, 4) is 0 Å². The van der Waals surface area contributed by atoms with Gasteiger partial charge >= 0.3 is 0 Å². The van der Waals surface area contributed by atoms with Crippen LogP contribution in [0.1, 0.15) is 38.1 Å². The predicted molar refractivity (Wildman–Crippen MR) is 86.9 cm³/mol. The second kappa shape index (κ2) is 6.85. The average molecular weight is 314 g/mol. The van der Waals surface area contributed by atoms with Crippen LogP contribution in [-0.2, 0) is 17.8 Å². The van der Waals surface area contributed by atoms with Crippen LogP contribution in [0.3, 0.4) is 0 Å². The standard InChI is InChI=1S/C17H18N2O2S/c1-2-3-14(12-4-7-18-8-5-12)19-17(20)16-10-13-11-21-9-6-15(13)22-16/h2,4-5,7-8,10,14H,1,3,6,9,11H2,(H,19,20). The van der Waals surface area contributed by atoms with Gasteiger partial charge in [0.2, 0.25) is 0 Å². The summed E-state index contributed by atoms with van der Waals surface area (Å²) in [5.41, 5.74) is 2.18. The minimum absolute atomic E-state index is 0.0388. The lowest BCUT2D eigenvalue weighted by atomic mass is 10.1. The summed E-state index contributed by atoms with van der Waals surface area (Å²) in [5, 5.41) is 3.09. The van der Waals surface area contributed by atoms with E-state index < -0.39 is 0 Å². The summed E-state index contributed by atoms with van der Waals surface area (Å²) in [7, 11) is 0. The van der Waals surface area contributed by atoms with Crippen LogP contribution >= 0.6 is 11.3 Å². The van der Waals surface area contributed by atoms with Gasteiger partial charge < -0.3 is 10.1 Å². The molecule has 0 fully saturated rings. The number of nitrogens with one attached hydrogen (secondary N) is 1. The second-order valence-electron chi connectivity index (χ2n) is 5.19. The molecule has 114 valence electrons. The first-order chi connectivity index (χ1) is 10.8. The number of rotatable bonds is 5. The molecule has 3 rings (SSSR count). The molecule has 1 unspecified atom stereocenters. The Hall–Kier alpha value is -1.98. The first kappa shape index (κ1) is 14.9. The molecular weight excluding hydrogens is 296 g/mol. The highest BCUT2D eigenvalue weighted by Gasteiger charge is 2.20. The Balaban J connectivity index is 1.76. The maximum Gasteiger partial charge on any atom is 0.261 e. The maximum absolute atomic E-state index is 12.5. The van der Waals surface area contributed by atoms with Gasteiger partial charge in [0.1, 0.15) is 0 Å². The zero-order chi connectivity index (χ0) is 15.4. The minimum atomic E-state index is -0.0802. The fourth-order valence-corrected chi connectivity index (χ4v) is 3.58. The first-order valence-electron chi connectivity index (χ1n) is 7.29. The third-order valence-electron chi connectivity index (χ3n) is 3.67. The molecule has 22 heavy (non-hydrogen) atoms. The van der Waals surface area contributed by atoms with E-state index in [9.17, 15) is 4.79 Å². The molecule has 0 saturated heterocycles. The number of carbonyl (C=O) groups is 1. The molecular formula is C17H18N2O2S. The SMILES string of the molecule is C=CCC(NC(=O)c1cc2c(s1)CCOC2)c1ccncc1. The highest BCUT2D eigenvalue weighted by atomic mass is 32.1. The van der Waals surface area contributed by atoms with E-state index >= 15 is 0 Å². The number of carbonyl (C=O) groups excluding carboxylic acids is 1. The first-order valence-corrected chi connectivity index (χ1v) is 8.10. The van der Waals surface area contributed by atoms with E-state index in [1.165, 1.54) is 4.88 Å². The molecule has 0 aliphatic carbocycles. The van der Waals surface area contributed by atoms with Gasteiger partial charge in [-0.05, 0) is 35.7 Å². The topological polar surface area (TPSA) is 51.2 Å². The van der Waals surface area contributed by atoms with Crippen molar-refractivity contribution in [2.75, 3.05) is 6.61 Å². The Morgan fingerprint density at radius 1 is 1.50 bits per heavy atom. The van der Waals surface area contributed by atoms with E-state index in [1.807, 2.05) is 24.3 Å². The Labute approximate surface area is 133 Å². The van der Waals surface area contributed by atoms with Crippen molar-refractivity contribution in [3.05, 3.63) is 64.1 Å². The van der Waals surface area contributed by atoms with Crippen LogP contribution < -0.4 is 5.32 Å². The summed E-state index contributed by atoms with van der Waals surface area (Å²) in [6.45, 7) is 5.13. The summed E-state index contributed by atoms with van der Waals surface area (Å²) in [6, 6.07) is 5.71. The Morgan fingerprint density at radius 3 is 3.05 bits per heavy atom. The van der Waals surface area contributed by atoms with Crippen molar-refractivity contribution in [1.82, 2.24) is 10.3 Å². The third kappa shape index (κ3) is 3.26. The van der Waals surface area contributed by atoms with E-state index in [0.717, 1.165) is 29.0 Å². The molecule has 2 aromatic rings. The van der Waals surface area contributed by atoms with Crippen molar-refractivity contribution < 1.29 is 9.53 Å². The van der Waals surface area contributed by atoms with Crippen LogP contribution in [0.5, 0.6) is 0 Å². The Kier molecular flexibility index (Phi) is 4.65. The molecule has 0 saturated carbocycles. The number of pyridine rings is 1. The number of amides is 1. The van der Waals surface area contributed by atoms with Gasteiger partial charge in [-0.15, -0.1) is 17.9 Å². The normalized spacial score (nSPS) is 14.9. The van der Waals surface area contributed by atoms with E-state index in [4.69, 9.17) is 4.74 Å². The molecule has 0 spiro atoms. The fraction of sp³-hybridized carbons (Fsp3) is 0.294. The largest absolute Gasteiger partial charge is 0.376 e. The lowest BCUT2D eigenvalue weighted by molar-refractivity contribution is 0.0940. The highest BCUT2D eigenvalue weighted by Crippen LogP contribution is 2.27. The van der Waals surface area contributed by atoms with Gasteiger partial charge in [0.05, 0.1) is 24.1 Å². The van der Waals surface area contributed by atoms with Crippen LogP contribution in [0, 0.1) is 0 Å². The van der Waals surface area contributed by atoms with Crippen LogP contribution in [0.15, 0.2) is 43.2 Å². The molecule has 1 aliphatic rings. The Morgan fingerprint density at radius 2 is 2.32 bits per heavy atom. The van der Waals surface area contributed by atoms with Crippen molar-refractivity contribution in [2.24, 2.45) is 0 Å². The van der Waals surface area contributed by atoms with Crippen molar-refractivity contribution in [3.63, 3.8) is 0 Å².